The summed E-state index contributed by atoms with van der Waals surface area (Å²) in [6.45, 7) is 12.8. The van der Waals surface area contributed by atoms with Gasteiger partial charge in [0.1, 0.15) is 0 Å². The molecule has 16 heavy (non-hydrogen) atoms. The Hall–Kier alpha value is -1.38. The molecule has 0 saturated carbocycles. The van der Waals surface area contributed by atoms with E-state index >= 15 is 0 Å². The van der Waals surface area contributed by atoms with Gasteiger partial charge in [0.15, 0.2) is 0 Å². The first-order valence-corrected chi connectivity index (χ1v) is 5.22. The Labute approximate surface area is 97.2 Å². The second-order valence-electron chi connectivity index (χ2n) is 5.11. The summed E-state index contributed by atoms with van der Waals surface area (Å²) in [6, 6.07) is 0. The lowest BCUT2D eigenvalue weighted by Gasteiger charge is -2.15. The fourth-order valence-electron chi connectivity index (χ4n) is 0.794. The molecule has 0 aliphatic carbocycles. The van der Waals surface area contributed by atoms with Gasteiger partial charge in [0.25, 0.3) is 0 Å². The van der Waals surface area contributed by atoms with E-state index in [4.69, 9.17) is 0 Å². The van der Waals surface area contributed by atoms with Crippen LogP contribution in [0.4, 0.5) is 0 Å². The predicted octanol–water partition coefficient (Wildman–Crippen LogP) is 3.01. The van der Waals surface area contributed by atoms with Gasteiger partial charge in [-0.2, -0.15) is 0 Å². The summed E-state index contributed by atoms with van der Waals surface area (Å²) >= 11 is 0. The lowest BCUT2D eigenvalue weighted by atomic mass is 9.91. The normalized spacial score (nSPS) is 12.2. The van der Waals surface area contributed by atoms with Gasteiger partial charge in [-0.25, -0.2) is 9.59 Å². The van der Waals surface area contributed by atoms with Crippen LogP contribution in [0.15, 0.2) is 23.8 Å². The average molecular weight is 224 g/mol. The predicted molar refractivity (Wildman–Crippen MR) is 63.7 cm³/mol. The zero-order chi connectivity index (χ0) is 12.9. The molecule has 0 bridgehead atoms. The van der Waals surface area contributed by atoms with E-state index in [-0.39, 0.29) is 11.0 Å². The molecule has 0 N–H and O–H groups in total. The van der Waals surface area contributed by atoms with Gasteiger partial charge in [0.2, 0.25) is 0 Å². The van der Waals surface area contributed by atoms with Crippen molar-refractivity contribution in [2.45, 2.75) is 41.0 Å². The molecule has 0 spiro atoms. The summed E-state index contributed by atoms with van der Waals surface area (Å²) < 4.78 is 4.59. The molecule has 0 amide bonds. The smallest absolute Gasteiger partial charge is 0.341 e. The molecule has 0 aliphatic rings. The molecule has 0 aromatic carbocycles. The van der Waals surface area contributed by atoms with E-state index in [2.05, 4.69) is 32.1 Å². The van der Waals surface area contributed by atoms with Gasteiger partial charge in [0.05, 0.1) is 0 Å². The van der Waals surface area contributed by atoms with Gasteiger partial charge in [-0.05, 0) is 25.7 Å². The molecule has 0 atom stereocenters. The monoisotopic (exact) mass is 224 g/mol. The molecule has 3 nitrogen and oxygen atoms in total. The summed E-state index contributed by atoms with van der Waals surface area (Å²) in [5.41, 5.74) is 0.779. The van der Waals surface area contributed by atoms with Crippen molar-refractivity contribution in [3.63, 3.8) is 0 Å². The highest BCUT2D eigenvalue weighted by molar-refractivity contribution is 6.00. The maximum atomic E-state index is 11.4. The molecule has 0 aromatic heterocycles. The summed E-state index contributed by atoms with van der Waals surface area (Å²) in [6.07, 6.45) is 2.54. The first-order chi connectivity index (χ1) is 7.13. The third kappa shape index (κ3) is 6.17. The van der Waals surface area contributed by atoms with Crippen molar-refractivity contribution in [2.24, 2.45) is 5.41 Å². The molecular formula is C13H20O3. The largest absolute Gasteiger partial charge is 0.386 e. The van der Waals surface area contributed by atoms with E-state index in [1.807, 2.05) is 0 Å². The van der Waals surface area contributed by atoms with Crippen molar-refractivity contribution in [3.05, 3.63) is 23.8 Å². The Bertz CT molecular complexity index is 330. The Morgan fingerprint density at radius 2 is 1.69 bits per heavy atom. The third-order valence-electron chi connectivity index (χ3n) is 1.88. The van der Waals surface area contributed by atoms with E-state index in [9.17, 15) is 9.59 Å². The molecule has 0 aliphatic heterocycles. The fourth-order valence-corrected chi connectivity index (χ4v) is 0.794. The number of allylic oxidation sites excluding steroid dienone is 1. The van der Waals surface area contributed by atoms with Crippen LogP contribution in [0.2, 0.25) is 0 Å². The molecule has 0 aromatic rings. The second-order valence-corrected chi connectivity index (χ2v) is 5.11. The number of carbonyl (C=O) groups is 2. The average Bonchev–Trinajstić information content (AvgIpc) is 2.12. The number of hydrogen-bond acceptors (Lipinski definition) is 3. The lowest BCUT2D eigenvalue weighted by molar-refractivity contribution is -0.153. The van der Waals surface area contributed by atoms with Crippen LogP contribution in [0.3, 0.4) is 0 Å². The van der Waals surface area contributed by atoms with Crippen LogP contribution >= 0.6 is 0 Å². The third-order valence-corrected chi connectivity index (χ3v) is 1.88. The highest BCUT2D eigenvalue weighted by Gasteiger charge is 2.14. The second kappa shape index (κ2) is 5.64. The van der Waals surface area contributed by atoms with Crippen molar-refractivity contribution in [2.75, 3.05) is 0 Å². The minimum Gasteiger partial charge on any atom is -0.386 e. The van der Waals surface area contributed by atoms with Gasteiger partial charge < -0.3 is 4.74 Å². The first kappa shape index (κ1) is 14.6. The lowest BCUT2D eigenvalue weighted by Crippen LogP contribution is -2.14. The molecule has 3 heteroatoms. The van der Waals surface area contributed by atoms with Crippen molar-refractivity contribution < 1.29 is 14.3 Å². The van der Waals surface area contributed by atoms with Gasteiger partial charge >= 0.3 is 11.9 Å². The van der Waals surface area contributed by atoms with Crippen LogP contribution in [0.1, 0.15) is 41.0 Å². The topological polar surface area (TPSA) is 43.4 Å². The quantitative estimate of drug-likeness (QED) is 0.420. The molecule has 0 rings (SSSR count). The van der Waals surface area contributed by atoms with Crippen molar-refractivity contribution in [1.29, 1.82) is 0 Å². The molecule has 0 heterocycles. The van der Waals surface area contributed by atoms with E-state index in [1.54, 1.807) is 13.0 Å². The van der Waals surface area contributed by atoms with Crippen LogP contribution in [-0.2, 0) is 14.3 Å². The number of carbonyl (C=O) groups excluding carboxylic acids is 2. The van der Waals surface area contributed by atoms with E-state index in [0.29, 0.717) is 5.57 Å². The molecule has 0 unspecified atom stereocenters. The van der Waals surface area contributed by atoms with E-state index in [1.165, 1.54) is 6.92 Å². The Morgan fingerprint density at radius 1 is 1.19 bits per heavy atom. The molecular weight excluding hydrogens is 204 g/mol. The van der Waals surface area contributed by atoms with Crippen LogP contribution in [0, 0.1) is 5.41 Å². The molecule has 0 saturated heterocycles. The van der Waals surface area contributed by atoms with Crippen LogP contribution in [0.5, 0.6) is 0 Å². The highest BCUT2D eigenvalue weighted by Crippen LogP contribution is 2.20. The minimum atomic E-state index is -0.673. The number of esters is 2. The molecule has 0 fully saturated rings. The maximum absolute atomic E-state index is 11.4. The zero-order valence-corrected chi connectivity index (χ0v) is 10.7. The highest BCUT2D eigenvalue weighted by atomic mass is 16.6. The van der Waals surface area contributed by atoms with E-state index in [0.717, 1.165) is 6.42 Å². The number of rotatable bonds is 3. The van der Waals surface area contributed by atoms with Crippen molar-refractivity contribution >= 4 is 11.9 Å². The Morgan fingerprint density at radius 3 is 2.06 bits per heavy atom. The summed E-state index contributed by atoms with van der Waals surface area (Å²) in [5.74, 6) is -1.27. The Balaban J connectivity index is 4.40. The van der Waals surface area contributed by atoms with Crippen molar-refractivity contribution in [1.82, 2.24) is 0 Å². The SMILES string of the molecule is C=C(C)C(=O)OC(=O)C(C)=CCC(C)(C)C. The summed E-state index contributed by atoms with van der Waals surface area (Å²) in [7, 11) is 0. The van der Waals surface area contributed by atoms with Gasteiger partial charge in [-0.15, -0.1) is 0 Å². The van der Waals surface area contributed by atoms with Crippen LogP contribution in [-0.4, -0.2) is 11.9 Å². The Kier molecular flexibility index (Phi) is 5.15. The van der Waals surface area contributed by atoms with Crippen molar-refractivity contribution in [3.8, 4) is 0 Å². The standard InChI is InChI=1S/C13H20O3/c1-9(2)11(14)16-12(15)10(3)7-8-13(4,5)6/h7H,1,8H2,2-6H3. The minimum absolute atomic E-state index is 0.111. The summed E-state index contributed by atoms with van der Waals surface area (Å²) in [4.78, 5) is 22.5. The first-order valence-electron chi connectivity index (χ1n) is 5.22. The van der Waals surface area contributed by atoms with Crippen LogP contribution < -0.4 is 0 Å². The molecule has 90 valence electrons. The van der Waals surface area contributed by atoms with Gasteiger partial charge in [-0.1, -0.05) is 33.4 Å². The molecule has 0 radical (unpaired) electrons. The number of ether oxygens (including phenoxy) is 1. The fraction of sp³-hybridized carbons (Fsp3) is 0.538. The van der Waals surface area contributed by atoms with E-state index < -0.39 is 11.9 Å². The van der Waals surface area contributed by atoms with Gasteiger partial charge in [0, 0.05) is 11.1 Å². The maximum Gasteiger partial charge on any atom is 0.341 e. The van der Waals surface area contributed by atoms with Gasteiger partial charge in [-0.3, -0.25) is 0 Å². The number of hydrogen-bond donors (Lipinski definition) is 0. The van der Waals surface area contributed by atoms with Crippen LogP contribution in [0.25, 0.3) is 0 Å². The zero-order valence-electron chi connectivity index (χ0n) is 10.7. The summed E-state index contributed by atoms with van der Waals surface area (Å²) in [5, 5.41) is 0.